The smallest absolute Gasteiger partial charge is 0.189 e. The van der Waals surface area contributed by atoms with Crippen LogP contribution < -0.4 is 15.8 Å². The molecule has 12 aliphatic carbocycles. The standard InChI is InChI=1S/C80H95N3O9/c1-47-37-76-27-20-50-33-51-39-74(45-86)22-8-5-18-61(74)60(43-85)68(51)64(89)35-58(50)59-36-65(92-56-15-3-4-16-56)71(90)69-57(59)17-12-19-63(82-73(81)83-79(25-6-2-7-26-79)52-14-11-13-48(30-52)29-49-31-53(76)34-55(88)32-49)62-21-28-80-67(75(23-9-10-24-75)54(42-84)44-91-80)41-77(38-47)66(76)40-78(62,46-87)72(80)70(69)77/h8,11,13-14,20-22,27-28,30-32,34,36,40,47,50-51,54,56,58,61-63,67,70,72,84-88,90H,2-7,9-10,15-16,18-19,23-26,29,33,35,37-39,41-46H2,1H3,(H3,81,82,83)/b27-20+/t47-,50-,51-,54+,58-,61+,62-,63-,67-,70-,72-,74-,76-,77-,78-,80+/m1/s1. The minimum absolute atomic E-state index is 0.01000. The Labute approximate surface area is 543 Å². The quantitative estimate of drug-likeness (QED) is 0.0861. The molecule has 2 aliphatic heterocycles. The number of fused-ring (bicyclic) bond motifs is 10. The number of phenolic OH excluding ortho intramolecular Hbond substituents is 2. The fraction of sp³-hybridized carbons (Fsp3) is 0.600. The average Bonchev–Trinajstić information content (AvgIpc) is 0.772. The Morgan fingerprint density at radius 3 is 2.46 bits per heavy atom. The van der Waals surface area contributed by atoms with Crippen molar-refractivity contribution in [3.8, 4) is 29.1 Å². The Bertz CT molecular complexity index is 3790. The molecule has 0 aromatic heterocycles. The number of aliphatic imine (C=N–C) groups is 1. The molecule has 7 fully saturated rings. The van der Waals surface area contributed by atoms with E-state index in [9.17, 15) is 30.6 Å². The highest BCUT2D eigenvalue weighted by molar-refractivity contribution is 5.98. The van der Waals surface area contributed by atoms with E-state index in [0.29, 0.717) is 56.0 Å². The lowest BCUT2D eigenvalue weighted by Crippen LogP contribution is -2.75. The lowest BCUT2D eigenvalue weighted by molar-refractivity contribution is -0.279. The molecule has 1 saturated heterocycles. The number of hydrogen-bond donors (Lipinski definition) is 8. The number of ketones is 1. The van der Waals surface area contributed by atoms with Crippen LogP contribution in [0.25, 0.3) is 0 Å². The van der Waals surface area contributed by atoms with Crippen LogP contribution >= 0.6 is 0 Å². The summed E-state index contributed by atoms with van der Waals surface area (Å²) in [5.41, 5.74) is 11.5. The van der Waals surface area contributed by atoms with Gasteiger partial charge in [-0.2, -0.15) is 0 Å². The van der Waals surface area contributed by atoms with Gasteiger partial charge in [-0.15, -0.1) is 0 Å². The number of benzene rings is 3. The second kappa shape index (κ2) is 21.8. The van der Waals surface area contributed by atoms with Gasteiger partial charge in [0.25, 0.3) is 0 Å². The first-order valence-corrected chi connectivity index (χ1v) is 35.9. The molecule has 12 nitrogen and oxygen atoms in total. The number of aromatic hydroxyl groups is 2. The predicted molar refractivity (Wildman–Crippen MR) is 354 cm³/mol. The number of rotatable bonds is 6. The predicted octanol–water partition coefficient (Wildman–Crippen LogP) is 12.2. The van der Waals surface area contributed by atoms with E-state index in [1.54, 1.807) is 0 Å². The van der Waals surface area contributed by atoms with Crippen LogP contribution in [0.5, 0.6) is 17.2 Å². The van der Waals surface area contributed by atoms with E-state index in [0.717, 1.165) is 147 Å². The fourth-order valence-electron chi connectivity index (χ4n) is 24.6. The highest BCUT2D eigenvalue weighted by Crippen LogP contribution is 2.81. The summed E-state index contributed by atoms with van der Waals surface area (Å²) >= 11 is 0. The summed E-state index contributed by atoms with van der Waals surface area (Å²) in [6, 6.07) is 16.8. The van der Waals surface area contributed by atoms with Crippen LogP contribution in [0.15, 0.2) is 113 Å². The fourth-order valence-corrected chi connectivity index (χ4v) is 24.6. The van der Waals surface area contributed by atoms with Crippen LogP contribution in [0.1, 0.15) is 199 Å². The number of nitrogens with one attached hydrogen (secondary N) is 1. The summed E-state index contributed by atoms with van der Waals surface area (Å²) < 4.78 is 15.2. The molecule has 17 rings (SSSR count). The maximum Gasteiger partial charge on any atom is 0.189 e. The average molecular weight is 1240 g/mol. The zero-order chi connectivity index (χ0) is 62.7. The van der Waals surface area contributed by atoms with E-state index in [1.165, 1.54) is 5.57 Å². The molecule has 12 heteroatoms. The normalized spacial score (nSPS) is 40.1. The number of carbonyl (C=O) groups excluding carboxylic acids is 1. The third-order valence-electron chi connectivity index (χ3n) is 28.0. The number of nitrogens with two attached hydrogens (primary N) is 1. The van der Waals surface area contributed by atoms with Crippen LogP contribution in [0.4, 0.5) is 0 Å². The maximum atomic E-state index is 16.2. The van der Waals surface area contributed by atoms with Gasteiger partial charge in [0.15, 0.2) is 23.2 Å². The first-order chi connectivity index (χ1) is 44.7. The topological polar surface area (TPSA) is 207 Å². The Morgan fingerprint density at radius 1 is 0.848 bits per heavy atom. The largest absolute Gasteiger partial charge is 0.508 e. The number of phenols is 2. The molecule has 0 unspecified atom stereocenters. The molecular formula is C80H95N3O9. The Balaban J connectivity index is 1.03. The van der Waals surface area contributed by atoms with Crippen molar-refractivity contribution in [1.82, 2.24) is 5.32 Å². The molecule has 0 amide bonds. The zero-order valence-electron chi connectivity index (χ0n) is 53.8. The van der Waals surface area contributed by atoms with Gasteiger partial charge in [0.1, 0.15) is 5.75 Å². The van der Waals surface area contributed by atoms with Gasteiger partial charge in [-0.1, -0.05) is 129 Å². The lowest BCUT2D eigenvalue weighted by Gasteiger charge is -2.75. The minimum Gasteiger partial charge on any atom is -0.508 e. The molecule has 92 heavy (non-hydrogen) atoms. The number of allylic oxidation sites excluding steroid dienone is 5. The zero-order valence-corrected chi connectivity index (χ0v) is 53.8. The Hall–Kier alpha value is -5.94. The van der Waals surface area contributed by atoms with Crippen LogP contribution in [0.3, 0.4) is 0 Å². The number of aliphatic hydroxyl groups is 4. The molecule has 6 saturated carbocycles. The first kappa shape index (κ1) is 59.8. The van der Waals surface area contributed by atoms with Gasteiger partial charge in [0.05, 0.1) is 49.7 Å². The van der Waals surface area contributed by atoms with Crippen molar-refractivity contribution in [2.24, 2.45) is 79.7 Å². The van der Waals surface area contributed by atoms with Crippen molar-refractivity contribution in [2.45, 2.75) is 195 Å². The van der Waals surface area contributed by atoms with Crippen molar-refractivity contribution in [3.05, 3.63) is 147 Å². The summed E-state index contributed by atoms with van der Waals surface area (Å²) in [5, 5.41) is 79.7. The minimum atomic E-state index is -1.13. The van der Waals surface area contributed by atoms with Crippen molar-refractivity contribution < 1.29 is 44.9 Å². The highest BCUT2D eigenvalue weighted by Gasteiger charge is 2.78. The van der Waals surface area contributed by atoms with Crippen molar-refractivity contribution in [3.63, 3.8) is 0 Å². The van der Waals surface area contributed by atoms with Gasteiger partial charge < -0.3 is 51.2 Å². The van der Waals surface area contributed by atoms with Crippen molar-refractivity contribution in [2.75, 3.05) is 33.0 Å². The number of guanidine groups is 1. The molecule has 484 valence electrons. The summed E-state index contributed by atoms with van der Waals surface area (Å²) in [5.74, 6) is 5.86. The van der Waals surface area contributed by atoms with E-state index in [1.807, 2.05) is 12.1 Å². The molecular weight excluding hydrogens is 1150 g/mol. The number of carbonyl (C=O) groups is 1. The monoisotopic (exact) mass is 1240 g/mol. The molecule has 15 bridgehead atoms. The molecule has 14 aliphatic rings. The van der Waals surface area contributed by atoms with Crippen LogP contribution in [-0.4, -0.2) is 93.2 Å². The Kier molecular flexibility index (Phi) is 14.2. The third kappa shape index (κ3) is 8.44. The van der Waals surface area contributed by atoms with Crippen LogP contribution in [0, 0.1) is 80.8 Å². The molecule has 4 spiro atoms. The van der Waals surface area contributed by atoms with E-state index in [4.69, 9.17) is 20.2 Å². The van der Waals surface area contributed by atoms with Gasteiger partial charge in [0.2, 0.25) is 0 Å². The summed E-state index contributed by atoms with van der Waals surface area (Å²) in [6.45, 7) is 2.16. The van der Waals surface area contributed by atoms with Gasteiger partial charge in [-0.05, 0) is 195 Å². The Morgan fingerprint density at radius 2 is 1.66 bits per heavy atom. The van der Waals surface area contributed by atoms with E-state index < -0.39 is 62.5 Å². The van der Waals surface area contributed by atoms with Crippen molar-refractivity contribution in [1.29, 1.82) is 0 Å². The molecule has 0 radical (unpaired) electrons. The van der Waals surface area contributed by atoms with E-state index >= 15 is 4.79 Å². The van der Waals surface area contributed by atoms with Gasteiger partial charge in [-0.3, -0.25) is 4.79 Å². The number of aliphatic hydroxyl groups excluding tert-OH is 4. The number of nitrogens with zero attached hydrogens (tertiary/aromatic N) is 1. The van der Waals surface area contributed by atoms with E-state index in [2.05, 4.69) is 103 Å². The van der Waals surface area contributed by atoms with Gasteiger partial charge >= 0.3 is 0 Å². The molecule has 3 aromatic carbocycles. The second-order valence-corrected chi connectivity index (χ2v) is 32.2. The number of ether oxygens (including phenoxy) is 2. The van der Waals surface area contributed by atoms with Gasteiger partial charge in [0, 0.05) is 81.5 Å². The molecule has 3 aromatic rings. The maximum absolute atomic E-state index is 16.2. The summed E-state index contributed by atoms with van der Waals surface area (Å²) in [4.78, 5) is 22.0. The third-order valence-corrected chi connectivity index (χ3v) is 28.0. The lowest BCUT2D eigenvalue weighted by atomic mass is 9.30. The van der Waals surface area contributed by atoms with Gasteiger partial charge in [-0.25, -0.2) is 4.99 Å². The molecule has 16 atom stereocenters. The van der Waals surface area contributed by atoms with Crippen molar-refractivity contribution >= 4 is 11.7 Å². The van der Waals surface area contributed by atoms with E-state index in [-0.39, 0.29) is 104 Å². The second-order valence-electron chi connectivity index (χ2n) is 32.2. The van der Waals surface area contributed by atoms with Crippen LogP contribution in [-0.2, 0) is 26.9 Å². The number of Topliss-reactive ketones (excluding diaryl/α,β-unsaturated/α-hetero) is 1. The number of hydrogen-bond acceptors (Lipinski definition) is 12. The molecule has 2 heterocycles. The summed E-state index contributed by atoms with van der Waals surface area (Å²) in [6.07, 6.45) is 34.9. The highest BCUT2D eigenvalue weighted by atomic mass is 16.5. The summed E-state index contributed by atoms with van der Waals surface area (Å²) in [7, 11) is 0. The SMILES string of the molecule is C[C@H]1C[C@]23C[C@@H]4C5(CCCC5)[C@@H](CO)CO[C@@]45C=C[C@@H]4[C@H]6CC#Cc7c8cc(OC9CCCC9)c(O)c7[C@@H]2[C@@H]5[C@@]4(CO)C=C3[C@](/C=C/[C@@H]2C[C@@H]3C[C@@]4(CO)C=CCC[C@H]4C(CO)=C3C(=O)C[C@@H]82)(C1)c1cc(O)cc(c1)Cc1cccc(c1)C1(CCCCC1)NC(N)=N6. The van der Waals surface area contributed by atoms with Crippen LogP contribution in [0.2, 0.25) is 0 Å². The molecule has 9 N–H and O–H groups in total. The first-order valence-electron chi connectivity index (χ1n) is 35.9.